The number of fused-ring (bicyclic) bond motifs is 12. The molecule has 162 valence electrons. The lowest BCUT2D eigenvalue weighted by Gasteiger charge is -2.14. The summed E-state index contributed by atoms with van der Waals surface area (Å²) in [4.78, 5) is -0.817. The van der Waals surface area contributed by atoms with E-state index in [4.69, 9.17) is 0 Å². The Hall–Kier alpha value is -3.27. The van der Waals surface area contributed by atoms with Crippen molar-refractivity contribution in [1.29, 1.82) is 0 Å². The van der Waals surface area contributed by atoms with E-state index in [1.54, 1.807) is 54.6 Å². The van der Waals surface area contributed by atoms with E-state index in [9.17, 15) is 25.3 Å². The van der Waals surface area contributed by atoms with Crippen LogP contribution >= 0.6 is 0 Å². The molecular weight excluding hydrogens is 480 g/mol. The highest BCUT2D eigenvalue weighted by atomic mass is 32.2. The van der Waals surface area contributed by atoms with Gasteiger partial charge in [-0.3, -0.25) is 0 Å². The fraction of sp³-hybridized carbons (Fsp3) is 0. The third-order valence-corrected chi connectivity index (χ3v) is 12.1. The molecule has 0 atom stereocenters. The summed E-state index contributed by atoms with van der Waals surface area (Å²) in [5.74, 6) is 0. The molecule has 4 aromatic rings. The van der Waals surface area contributed by atoms with Gasteiger partial charge in [0.1, 0.15) is 0 Å². The second-order valence-corrected chi connectivity index (χ2v) is 13.7. The molecule has 0 fully saturated rings. The molecule has 0 saturated carbocycles. The van der Waals surface area contributed by atoms with Crippen molar-refractivity contribution in [3.63, 3.8) is 0 Å². The first-order valence-electron chi connectivity index (χ1n) is 9.96. The largest absolute Gasteiger partial charge is 0.218 e. The monoisotopic (exact) mass is 492 g/mol. The molecule has 0 spiro atoms. The summed E-state index contributed by atoms with van der Waals surface area (Å²) in [5, 5.41) is 0. The van der Waals surface area contributed by atoms with Crippen molar-refractivity contribution in [2.24, 2.45) is 0 Å². The summed E-state index contributed by atoms with van der Waals surface area (Å²) in [5.41, 5.74) is 0.978. The molecule has 4 aromatic carbocycles. The molecule has 0 saturated heterocycles. The first-order valence-corrected chi connectivity index (χ1v) is 14.4. The topological polar surface area (TPSA) is 102 Å². The molecule has 0 unspecified atom stereocenters. The van der Waals surface area contributed by atoms with Crippen molar-refractivity contribution < 1.29 is 25.3 Å². The molecule has 0 bridgehead atoms. The molecular formula is C24H12O6S3. The quantitative estimate of drug-likeness (QED) is 0.316. The predicted molar refractivity (Wildman–Crippen MR) is 119 cm³/mol. The van der Waals surface area contributed by atoms with Crippen molar-refractivity contribution in [2.75, 3.05) is 0 Å². The van der Waals surface area contributed by atoms with E-state index >= 15 is 0 Å². The molecule has 3 heterocycles. The van der Waals surface area contributed by atoms with Crippen molar-refractivity contribution in [3.05, 3.63) is 72.8 Å². The predicted octanol–water partition coefficient (Wildman–Crippen LogP) is 4.13. The molecule has 0 amide bonds. The first-order chi connectivity index (χ1) is 15.7. The lowest BCUT2D eigenvalue weighted by molar-refractivity contribution is 0.598. The molecule has 9 heteroatoms. The van der Waals surface area contributed by atoms with Gasteiger partial charge in [-0.05, 0) is 18.2 Å². The third kappa shape index (κ3) is 1.98. The van der Waals surface area contributed by atoms with E-state index < -0.39 is 29.5 Å². The highest BCUT2D eigenvalue weighted by Crippen LogP contribution is 2.63. The molecule has 3 aliphatic rings. The van der Waals surface area contributed by atoms with Crippen LogP contribution in [0.25, 0.3) is 33.4 Å². The van der Waals surface area contributed by atoms with Crippen LogP contribution in [-0.2, 0) is 29.5 Å². The lowest BCUT2D eigenvalue weighted by Crippen LogP contribution is -2.06. The van der Waals surface area contributed by atoms with Gasteiger partial charge < -0.3 is 0 Å². The van der Waals surface area contributed by atoms with E-state index in [0.717, 1.165) is 0 Å². The zero-order valence-electron chi connectivity index (χ0n) is 16.6. The fourth-order valence-corrected chi connectivity index (χ4v) is 11.2. The number of hydrogen-bond acceptors (Lipinski definition) is 6. The number of benzene rings is 4. The summed E-state index contributed by atoms with van der Waals surface area (Å²) in [7, 11) is -12.5. The Morgan fingerprint density at radius 2 is 0.606 bits per heavy atom. The minimum atomic E-state index is -4.17. The number of sulfone groups is 3. The second kappa shape index (κ2) is 5.61. The maximum absolute atomic E-state index is 13.8. The molecule has 0 aliphatic carbocycles. The summed E-state index contributed by atoms with van der Waals surface area (Å²) >= 11 is 0. The molecule has 0 N–H and O–H groups in total. The molecule has 6 nitrogen and oxygen atoms in total. The van der Waals surface area contributed by atoms with Crippen molar-refractivity contribution in [2.45, 2.75) is 29.4 Å². The van der Waals surface area contributed by atoms with Crippen LogP contribution in [0.2, 0.25) is 0 Å². The lowest BCUT2D eigenvalue weighted by atomic mass is 9.93. The summed E-state index contributed by atoms with van der Waals surface area (Å²) in [6, 6.07) is 18.6. The van der Waals surface area contributed by atoms with Gasteiger partial charge in [-0.2, -0.15) is 0 Å². The van der Waals surface area contributed by atoms with Crippen molar-refractivity contribution in [3.8, 4) is 33.4 Å². The van der Waals surface area contributed by atoms with Crippen LogP contribution in [0.3, 0.4) is 0 Å². The average molecular weight is 493 g/mol. The van der Waals surface area contributed by atoms with Gasteiger partial charge in [0.05, 0.1) is 29.4 Å². The fourth-order valence-electron chi connectivity index (χ4n) is 5.28. The summed E-state index contributed by atoms with van der Waals surface area (Å²) in [6.45, 7) is 0. The van der Waals surface area contributed by atoms with Gasteiger partial charge >= 0.3 is 0 Å². The van der Waals surface area contributed by atoms with Crippen LogP contribution in [0.4, 0.5) is 0 Å². The van der Waals surface area contributed by atoms with Gasteiger partial charge in [0, 0.05) is 33.4 Å². The highest BCUT2D eigenvalue weighted by molar-refractivity contribution is 7.94. The van der Waals surface area contributed by atoms with Gasteiger partial charge in [0.2, 0.25) is 29.5 Å². The maximum atomic E-state index is 13.8. The van der Waals surface area contributed by atoms with Gasteiger partial charge in [0.15, 0.2) is 0 Å². The zero-order valence-corrected chi connectivity index (χ0v) is 19.1. The minimum absolute atomic E-state index is 0.0245. The number of hydrogen-bond donors (Lipinski definition) is 0. The SMILES string of the molecule is O=S1(=O)c2ccccc2-c2c1c1c(c3c2S(=O)(=O)c2ccccc2-3)S(=O)(=O)c2ccccc2-1. The molecule has 33 heavy (non-hydrogen) atoms. The minimum Gasteiger partial charge on any atom is -0.218 e. The summed E-state index contributed by atoms with van der Waals surface area (Å²) in [6.07, 6.45) is 0. The Labute approximate surface area is 189 Å². The van der Waals surface area contributed by atoms with Crippen molar-refractivity contribution in [1.82, 2.24) is 0 Å². The Kier molecular flexibility index (Phi) is 3.27. The Morgan fingerprint density at radius 1 is 0.364 bits per heavy atom. The standard InChI is InChI=1S/C24H12O6S3/c25-31(26)16-10-4-1-7-13(16)19-22(31)20-15-9-3-6-12-18(15)33(29,30)24(20)21-14-8-2-5-11-17(14)32(27,28)23(19)21/h1-12H. The van der Waals surface area contributed by atoms with E-state index in [0.29, 0.717) is 0 Å². The Morgan fingerprint density at radius 3 is 0.879 bits per heavy atom. The van der Waals surface area contributed by atoms with E-state index in [1.807, 2.05) is 0 Å². The van der Waals surface area contributed by atoms with Gasteiger partial charge in [-0.1, -0.05) is 54.6 Å². The van der Waals surface area contributed by atoms with Gasteiger partial charge in [-0.15, -0.1) is 0 Å². The smallest absolute Gasteiger partial charge is 0.208 e. The molecule has 0 aromatic heterocycles. The molecule has 7 rings (SSSR count). The maximum Gasteiger partial charge on any atom is 0.208 e. The molecule has 3 aliphatic heterocycles. The Bertz CT molecular complexity index is 1700. The average Bonchev–Trinajstić information content (AvgIpc) is 3.29. The first kappa shape index (κ1) is 19.2. The van der Waals surface area contributed by atoms with Crippen LogP contribution in [0.15, 0.2) is 102 Å². The van der Waals surface area contributed by atoms with Crippen LogP contribution in [-0.4, -0.2) is 25.3 Å². The van der Waals surface area contributed by atoms with E-state index in [1.165, 1.54) is 18.2 Å². The second-order valence-electron chi connectivity index (χ2n) is 8.11. The summed E-state index contributed by atoms with van der Waals surface area (Å²) < 4.78 is 82.5. The van der Waals surface area contributed by atoms with Gasteiger partial charge in [0.25, 0.3) is 0 Å². The molecule has 0 radical (unpaired) electrons. The van der Waals surface area contributed by atoms with Crippen LogP contribution in [0.5, 0.6) is 0 Å². The Balaban J connectivity index is 1.86. The highest BCUT2D eigenvalue weighted by Gasteiger charge is 2.51. The van der Waals surface area contributed by atoms with Crippen LogP contribution in [0.1, 0.15) is 0 Å². The van der Waals surface area contributed by atoms with Gasteiger partial charge in [-0.25, -0.2) is 25.3 Å². The third-order valence-electron chi connectivity index (χ3n) is 6.51. The van der Waals surface area contributed by atoms with Crippen LogP contribution in [0, 0.1) is 0 Å². The normalized spacial score (nSPS) is 18.5. The van der Waals surface area contributed by atoms with E-state index in [-0.39, 0.29) is 62.8 Å². The van der Waals surface area contributed by atoms with E-state index in [2.05, 4.69) is 0 Å². The zero-order chi connectivity index (χ0) is 22.9. The van der Waals surface area contributed by atoms with Crippen molar-refractivity contribution >= 4 is 29.5 Å². The number of rotatable bonds is 0. The van der Waals surface area contributed by atoms with Crippen LogP contribution < -0.4 is 0 Å².